The number of amides is 1. The molecule has 6 nitrogen and oxygen atoms in total. The van der Waals surface area contributed by atoms with E-state index < -0.39 is 0 Å². The Kier molecular flexibility index (Phi) is 4.33. The van der Waals surface area contributed by atoms with E-state index in [0.29, 0.717) is 25.4 Å². The van der Waals surface area contributed by atoms with Crippen molar-refractivity contribution in [2.75, 3.05) is 27.1 Å². The molecule has 1 aromatic rings. The number of fused-ring (bicyclic) bond motifs is 2. The van der Waals surface area contributed by atoms with Gasteiger partial charge < -0.3 is 24.3 Å². The van der Waals surface area contributed by atoms with Gasteiger partial charge in [0.1, 0.15) is 0 Å². The second-order valence-corrected chi connectivity index (χ2v) is 6.69. The predicted molar refractivity (Wildman–Crippen MR) is 86.0 cm³/mol. The number of hydrogen-bond donors (Lipinski definition) is 1. The van der Waals surface area contributed by atoms with Crippen molar-refractivity contribution in [3.63, 3.8) is 0 Å². The van der Waals surface area contributed by atoms with Gasteiger partial charge in [0.25, 0.3) is 0 Å². The van der Waals surface area contributed by atoms with Gasteiger partial charge >= 0.3 is 0 Å². The topological polar surface area (TPSA) is 66.0 Å². The third-order valence-electron chi connectivity index (χ3n) is 5.29. The van der Waals surface area contributed by atoms with Crippen molar-refractivity contribution < 1.29 is 23.7 Å². The lowest BCUT2D eigenvalue weighted by Crippen LogP contribution is -2.62. The van der Waals surface area contributed by atoms with Crippen LogP contribution < -0.4 is 14.8 Å². The number of carbonyl (C=O) groups is 1. The summed E-state index contributed by atoms with van der Waals surface area (Å²) in [4.78, 5) is 12.3. The average molecular weight is 333 g/mol. The van der Waals surface area contributed by atoms with E-state index in [1.54, 1.807) is 7.11 Å². The van der Waals surface area contributed by atoms with Crippen LogP contribution in [0.15, 0.2) is 18.2 Å². The van der Waals surface area contributed by atoms with Gasteiger partial charge in [-0.2, -0.15) is 0 Å². The monoisotopic (exact) mass is 333 g/mol. The van der Waals surface area contributed by atoms with Crippen molar-refractivity contribution in [3.8, 4) is 11.5 Å². The zero-order valence-corrected chi connectivity index (χ0v) is 13.8. The molecule has 1 aliphatic carbocycles. The molecule has 6 heteroatoms. The molecule has 1 N–H and O–H groups in total. The maximum absolute atomic E-state index is 12.3. The molecule has 2 aliphatic heterocycles. The summed E-state index contributed by atoms with van der Waals surface area (Å²) in [5.74, 6) is 2.34. The Morgan fingerprint density at radius 2 is 2.21 bits per heavy atom. The van der Waals surface area contributed by atoms with Gasteiger partial charge in [0.2, 0.25) is 12.7 Å². The molecule has 4 rings (SSSR count). The van der Waals surface area contributed by atoms with Crippen molar-refractivity contribution in [1.29, 1.82) is 0 Å². The summed E-state index contributed by atoms with van der Waals surface area (Å²) < 4.78 is 21.7. The predicted octanol–water partition coefficient (Wildman–Crippen LogP) is 1.51. The van der Waals surface area contributed by atoms with E-state index in [0.717, 1.165) is 30.1 Å². The highest BCUT2D eigenvalue weighted by Gasteiger charge is 2.54. The Hall–Kier alpha value is -1.79. The molecule has 4 atom stereocenters. The molecule has 2 heterocycles. The Bertz CT molecular complexity index is 619. The Balaban J connectivity index is 1.30. The van der Waals surface area contributed by atoms with Crippen LogP contribution in [0.25, 0.3) is 0 Å². The van der Waals surface area contributed by atoms with Gasteiger partial charge in [0.05, 0.1) is 12.7 Å². The van der Waals surface area contributed by atoms with Crippen molar-refractivity contribution in [2.24, 2.45) is 11.8 Å². The number of carbonyl (C=O) groups excluding carboxylic acids is 1. The molecule has 1 amide bonds. The van der Waals surface area contributed by atoms with Gasteiger partial charge in [-0.05, 0) is 30.5 Å². The molecule has 130 valence electrons. The van der Waals surface area contributed by atoms with Crippen LogP contribution >= 0.6 is 0 Å². The van der Waals surface area contributed by atoms with Crippen molar-refractivity contribution in [1.82, 2.24) is 5.32 Å². The second kappa shape index (κ2) is 6.61. The van der Waals surface area contributed by atoms with Crippen LogP contribution in [0.3, 0.4) is 0 Å². The summed E-state index contributed by atoms with van der Waals surface area (Å²) >= 11 is 0. The number of rotatable bonds is 6. The summed E-state index contributed by atoms with van der Waals surface area (Å²) in [6, 6.07) is 6.02. The van der Waals surface area contributed by atoms with Crippen molar-refractivity contribution >= 4 is 5.91 Å². The van der Waals surface area contributed by atoms with E-state index in [9.17, 15) is 4.79 Å². The first kappa shape index (κ1) is 15.7. The van der Waals surface area contributed by atoms with E-state index in [1.165, 1.54) is 0 Å². The highest BCUT2D eigenvalue weighted by molar-refractivity contribution is 5.76. The van der Waals surface area contributed by atoms with Crippen LogP contribution in [0.5, 0.6) is 11.5 Å². The fraction of sp³-hybridized carbons (Fsp3) is 0.611. The normalized spacial score (nSPS) is 29.9. The number of benzene rings is 1. The maximum atomic E-state index is 12.3. The lowest BCUT2D eigenvalue weighted by molar-refractivity contribution is -0.129. The van der Waals surface area contributed by atoms with Crippen LogP contribution in [0, 0.1) is 11.8 Å². The average Bonchev–Trinajstić information content (AvgIpc) is 3.22. The molecule has 1 saturated heterocycles. The minimum absolute atomic E-state index is 0.0871. The summed E-state index contributed by atoms with van der Waals surface area (Å²) in [5, 5.41) is 3.19. The smallest absolute Gasteiger partial charge is 0.231 e. The van der Waals surface area contributed by atoms with Gasteiger partial charge in [-0.15, -0.1) is 0 Å². The molecule has 0 aromatic heterocycles. The number of hydrogen-bond acceptors (Lipinski definition) is 5. The molecule has 3 aliphatic rings. The molecule has 0 spiro atoms. The van der Waals surface area contributed by atoms with Crippen LogP contribution in [0.4, 0.5) is 0 Å². The largest absolute Gasteiger partial charge is 0.454 e. The first-order chi connectivity index (χ1) is 11.8. The second-order valence-electron chi connectivity index (χ2n) is 6.69. The van der Waals surface area contributed by atoms with E-state index >= 15 is 0 Å². The van der Waals surface area contributed by atoms with E-state index in [4.69, 9.17) is 18.9 Å². The number of aryl methyl sites for hydroxylation is 1. The molecule has 1 saturated carbocycles. The molecule has 0 bridgehead atoms. The highest BCUT2D eigenvalue weighted by Crippen LogP contribution is 2.43. The zero-order chi connectivity index (χ0) is 16.5. The van der Waals surface area contributed by atoms with Crippen LogP contribution in [0.1, 0.15) is 18.4 Å². The quantitative estimate of drug-likeness (QED) is 0.855. The summed E-state index contributed by atoms with van der Waals surface area (Å²) in [7, 11) is 1.70. The first-order valence-corrected chi connectivity index (χ1v) is 8.54. The number of ether oxygens (including phenoxy) is 4. The van der Waals surface area contributed by atoms with E-state index in [2.05, 4.69) is 5.32 Å². The molecule has 1 aromatic carbocycles. The highest BCUT2D eigenvalue weighted by atomic mass is 16.7. The van der Waals surface area contributed by atoms with Gasteiger partial charge in [-0.1, -0.05) is 6.07 Å². The molecule has 2 fully saturated rings. The Morgan fingerprint density at radius 1 is 1.33 bits per heavy atom. The molecular formula is C18H23NO5. The van der Waals surface area contributed by atoms with E-state index in [-0.39, 0.29) is 30.8 Å². The fourth-order valence-corrected chi connectivity index (χ4v) is 4.05. The number of nitrogens with one attached hydrogen (secondary N) is 1. The fourth-order valence-electron chi connectivity index (χ4n) is 4.05. The van der Waals surface area contributed by atoms with Gasteiger partial charge in [-0.3, -0.25) is 4.79 Å². The van der Waals surface area contributed by atoms with Crippen LogP contribution in [-0.4, -0.2) is 45.2 Å². The van der Waals surface area contributed by atoms with Crippen molar-refractivity contribution in [2.45, 2.75) is 31.4 Å². The van der Waals surface area contributed by atoms with Gasteiger partial charge in [0.15, 0.2) is 11.5 Å². The third-order valence-corrected chi connectivity index (χ3v) is 5.29. The minimum Gasteiger partial charge on any atom is -0.454 e. The summed E-state index contributed by atoms with van der Waals surface area (Å²) in [6.45, 7) is 1.69. The standard InChI is InChI=1S/C18H23NO5/c1-21-9-13-17(12-6-7-22-18(12)13)19-16(20)5-3-11-2-4-14-15(8-11)24-10-23-14/h2,4,8,12-13,17-18H,3,5-7,9-10H2,1H3,(H,19,20)/t12-,13+,17+,18-/m0/s1. The van der Waals surface area contributed by atoms with E-state index in [1.807, 2.05) is 18.2 Å². The number of methoxy groups -OCH3 is 1. The maximum Gasteiger partial charge on any atom is 0.231 e. The molecule has 0 radical (unpaired) electrons. The van der Waals surface area contributed by atoms with Gasteiger partial charge in [0, 0.05) is 38.0 Å². The zero-order valence-electron chi connectivity index (χ0n) is 13.8. The summed E-state index contributed by atoms with van der Waals surface area (Å²) in [5.41, 5.74) is 1.08. The third kappa shape index (κ3) is 2.84. The minimum atomic E-state index is 0.0871. The first-order valence-electron chi connectivity index (χ1n) is 8.54. The lowest BCUT2D eigenvalue weighted by Gasteiger charge is -2.47. The summed E-state index contributed by atoms with van der Waals surface area (Å²) in [6.07, 6.45) is 2.44. The van der Waals surface area contributed by atoms with Crippen molar-refractivity contribution in [3.05, 3.63) is 23.8 Å². The SMILES string of the molecule is COC[C@@H]1[C@H](NC(=O)CCc2ccc3c(c2)OCO3)[C@@H]2CCO[C@H]12. The molecule has 0 unspecified atom stereocenters. The van der Waals surface area contributed by atoms with Gasteiger partial charge in [-0.25, -0.2) is 0 Å². The lowest BCUT2D eigenvalue weighted by atomic mass is 9.67. The van der Waals surface area contributed by atoms with Crippen LogP contribution in [-0.2, 0) is 20.7 Å². The Labute approximate surface area is 141 Å². The van der Waals surface area contributed by atoms with Crippen LogP contribution in [0.2, 0.25) is 0 Å². The Morgan fingerprint density at radius 3 is 3.08 bits per heavy atom. The molecule has 24 heavy (non-hydrogen) atoms. The molecular weight excluding hydrogens is 310 g/mol.